The van der Waals surface area contributed by atoms with Crippen molar-refractivity contribution in [2.75, 3.05) is 37.8 Å². The van der Waals surface area contributed by atoms with Crippen molar-refractivity contribution in [2.45, 2.75) is 45.4 Å². The summed E-state index contributed by atoms with van der Waals surface area (Å²) in [5.41, 5.74) is 0.842. The summed E-state index contributed by atoms with van der Waals surface area (Å²) in [6.07, 6.45) is 9.73. The Morgan fingerprint density at radius 3 is 2.78 bits per heavy atom. The van der Waals surface area contributed by atoms with E-state index in [1.165, 1.54) is 0 Å². The lowest BCUT2D eigenvalue weighted by atomic mass is 10.2. The lowest BCUT2D eigenvalue weighted by Gasteiger charge is -2.32. The van der Waals surface area contributed by atoms with Crippen LogP contribution in [0.3, 0.4) is 0 Å². The van der Waals surface area contributed by atoms with E-state index in [4.69, 9.17) is 14.8 Å². The van der Waals surface area contributed by atoms with Gasteiger partial charge in [0, 0.05) is 37.3 Å². The second-order valence-electron chi connectivity index (χ2n) is 6.47. The van der Waals surface area contributed by atoms with Gasteiger partial charge in [-0.3, -0.25) is 19.8 Å². The summed E-state index contributed by atoms with van der Waals surface area (Å²) in [7, 11) is -2.86. The third-order valence-corrected chi connectivity index (χ3v) is 6.81. The monoisotopic (exact) mass is 397 g/mol. The van der Waals surface area contributed by atoms with Gasteiger partial charge < -0.3 is 15.2 Å². The summed E-state index contributed by atoms with van der Waals surface area (Å²) < 4.78 is 18.6. The number of aromatic nitrogens is 1. The molecule has 0 aliphatic carbocycles. The van der Waals surface area contributed by atoms with Gasteiger partial charge in [-0.2, -0.15) is 0 Å². The Morgan fingerprint density at radius 2 is 2.07 bits per heavy atom. The van der Waals surface area contributed by atoms with Crippen LogP contribution in [0, 0.1) is 5.41 Å². The van der Waals surface area contributed by atoms with E-state index in [2.05, 4.69) is 15.6 Å². The van der Waals surface area contributed by atoms with Crippen LogP contribution in [0.2, 0.25) is 0 Å². The molecule has 0 saturated carbocycles. The number of hydroxylamine groups is 1. The highest BCUT2D eigenvalue weighted by Crippen LogP contribution is 2.52. The number of nitrogens with one attached hydrogen (secondary N) is 3. The number of anilines is 1. The fraction of sp³-hybridized carbons (Fsp3) is 0.667. The molecule has 1 saturated heterocycles. The molecule has 8 nitrogen and oxygen atoms in total. The fourth-order valence-electron chi connectivity index (χ4n) is 2.89. The average Bonchev–Trinajstić information content (AvgIpc) is 2.69. The summed E-state index contributed by atoms with van der Waals surface area (Å²) in [5, 5.41) is 13.9. The lowest BCUT2D eigenvalue weighted by Crippen LogP contribution is -2.30. The van der Waals surface area contributed by atoms with Crippen molar-refractivity contribution in [1.82, 2.24) is 15.1 Å². The van der Waals surface area contributed by atoms with E-state index in [0.29, 0.717) is 25.9 Å². The Labute approximate surface area is 162 Å². The molecule has 3 N–H and O–H groups in total. The SMILES string of the molecule is CCOP(=O)(CCCCCCNC(=N)Nc1ccncc1)N1CCCCO1. The van der Waals surface area contributed by atoms with Crippen molar-refractivity contribution >= 4 is 19.2 Å². The fourth-order valence-corrected chi connectivity index (χ4v) is 5.10. The number of nitrogens with zero attached hydrogens (tertiary/aromatic N) is 2. The van der Waals surface area contributed by atoms with Crippen molar-refractivity contribution in [2.24, 2.45) is 0 Å². The first-order valence-corrected chi connectivity index (χ1v) is 11.5. The second kappa shape index (κ2) is 12.1. The highest BCUT2D eigenvalue weighted by atomic mass is 31.2. The standard InChI is InChI=1S/C18H32N5O3P/c1-2-26-27(24,23-14-6-7-15-25-23)16-8-4-3-5-11-21-18(19)22-17-9-12-20-13-10-17/h9-10,12-13H,2-8,11,14-16H2,1H3,(H3,19,20,21,22). The second-order valence-corrected chi connectivity index (χ2v) is 8.90. The number of rotatable bonds is 11. The zero-order chi connectivity index (χ0) is 19.4. The first kappa shape index (κ1) is 21.8. The van der Waals surface area contributed by atoms with Gasteiger partial charge in [-0.1, -0.05) is 12.8 Å². The van der Waals surface area contributed by atoms with Crippen LogP contribution in [0.4, 0.5) is 5.69 Å². The number of unbranched alkanes of at least 4 members (excludes halogenated alkanes) is 3. The first-order chi connectivity index (χ1) is 13.1. The molecule has 0 aromatic carbocycles. The largest absolute Gasteiger partial charge is 0.356 e. The molecule has 1 aliphatic heterocycles. The van der Waals surface area contributed by atoms with E-state index in [1.807, 2.05) is 19.1 Å². The Hall–Kier alpha value is -1.47. The number of hydrogen-bond acceptors (Lipinski definition) is 5. The molecule has 2 heterocycles. The highest BCUT2D eigenvalue weighted by molar-refractivity contribution is 7.56. The van der Waals surface area contributed by atoms with Crippen LogP contribution in [-0.4, -0.2) is 48.2 Å². The Bertz CT molecular complexity index is 596. The normalized spacial score (nSPS) is 17.2. The Balaban J connectivity index is 1.57. The van der Waals surface area contributed by atoms with Gasteiger partial charge in [0.1, 0.15) is 0 Å². The third-order valence-electron chi connectivity index (χ3n) is 4.27. The van der Waals surface area contributed by atoms with Crippen LogP contribution >= 0.6 is 7.52 Å². The summed E-state index contributed by atoms with van der Waals surface area (Å²) in [4.78, 5) is 11.1. The summed E-state index contributed by atoms with van der Waals surface area (Å²) in [5.74, 6) is 0.282. The molecule has 2 rings (SSSR count). The molecule has 152 valence electrons. The topological polar surface area (TPSA) is 99.6 Å². The van der Waals surface area contributed by atoms with Crippen molar-refractivity contribution in [3.05, 3.63) is 24.5 Å². The molecule has 0 spiro atoms. The number of guanidine groups is 1. The third kappa shape index (κ3) is 7.97. The molecule has 0 amide bonds. The maximum atomic E-state index is 13.0. The van der Waals surface area contributed by atoms with Gasteiger partial charge in [-0.25, -0.2) is 0 Å². The average molecular weight is 397 g/mol. The van der Waals surface area contributed by atoms with E-state index < -0.39 is 7.52 Å². The highest BCUT2D eigenvalue weighted by Gasteiger charge is 2.33. The molecule has 9 heteroatoms. The van der Waals surface area contributed by atoms with Gasteiger partial charge in [-0.05, 0) is 44.7 Å². The Morgan fingerprint density at radius 1 is 1.30 bits per heavy atom. The predicted octanol–water partition coefficient (Wildman–Crippen LogP) is 3.84. The summed E-state index contributed by atoms with van der Waals surface area (Å²) in [6.45, 7) is 4.36. The van der Waals surface area contributed by atoms with Crippen LogP contribution < -0.4 is 10.6 Å². The minimum atomic E-state index is -2.86. The predicted molar refractivity (Wildman–Crippen MR) is 108 cm³/mol. The number of hydrogen-bond donors (Lipinski definition) is 3. The molecule has 1 unspecified atom stereocenters. The van der Waals surface area contributed by atoms with Crippen LogP contribution in [0.15, 0.2) is 24.5 Å². The minimum Gasteiger partial charge on any atom is -0.356 e. The van der Waals surface area contributed by atoms with Crippen molar-refractivity contribution in [1.29, 1.82) is 5.41 Å². The van der Waals surface area contributed by atoms with Crippen molar-refractivity contribution in [3.63, 3.8) is 0 Å². The van der Waals surface area contributed by atoms with Gasteiger partial charge in [0.15, 0.2) is 5.96 Å². The van der Waals surface area contributed by atoms with E-state index >= 15 is 0 Å². The van der Waals surface area contributed by atoms with Crippen LogP contribution in [-0.2, 0) is 13.9 Å². The summed E-state index contributed by atoms with van der Waals surface area (Å²) in [6, 6.07) is 3.64. The molecular formula is C18H32N5O3P. The van der Waals surface area contributed by atoms with E-state index in [0.717, 1.165) is 50.8 Å². The van der Waals surface area contributed by atoms with Gasteiger partial charge in [-0.15, -0.1) is 4.83 Å². The molecule has 1 fully saturated rings. The van der Waals surface area contributed by atoms with Crippen molar-refractivity contribution < 1.29 is 13.9 Å². The zero-order valence-corrected chi connectivity index (χ0v) is 17.0. The van der Waals surface area contributed by atoms with Crippen LogP contribution in [0.25, 0.3) is 0 Å². The van der Waals surface area contributed by atoms with Gasteiger partial charge in [0.05, 0.1) is 13.2 Å². The van der Waals surface area contributed by atoms with Gasteiger partial charge in [0.2, 0.25) is 0 Å². The van der Waals surface area contributed by atoms with E-state index in [-0.39, 0.29) is 5.96 Å². The van der Waals surface area contributed by atoms with Gasteiger partial charge in [0.25, 0.3) is 7.52 Å². The molecule has 27 heavy (non-hydrogen) atoms. The van der Waals surface area contributed by atoms with Crippen LogP contribution in [0.1, 0.15) is 45.4 Å². The molecule has 0 radical (unpaired) electrons. The van der Waals surface area contributed by atoms with Crippen molar-refractivity contribution in [3.8, 4) is 0 Å². The van der Waals surface area contributed by atoms with Crippen LogP contribution in [0.5, 0.6) is 0 Å². The Kier molecular flexibility index (Phi) is 9.77. The maximum absolute atomic E-state index is 13.0. The maximum Gasteiger partial charge on any atom is 0.294 e. The minimum absolute atomic E-state index is 0.282. The quantitative estimate of drug-likeness (QED) is 0.226. The van der Waals surface area contributed by atoms with E-state index in [1.54, 1.807) is 17.2 Å². The molecule has 1 aromatic rings. The smallest absolute Gasteiger partial charge is 0.294 e. The molecule has 0 bridgehead atoms. The van der Waals surface area contributed by atoms with E-state index in [9.17, 15) is 4.57 Å². The molecule has 1 aromatic heterocycles. The summed E-state index contributed by atoms with van der Waals surface area (Å²) >= 11 is 0. The first-order valence-electron chi connectivity index (χ1n) is 9.78. The van der Waals surface area contributed by atoms with Gasteiger partial charge >= 0.3 is 0 Å². The zero-order valence-electron chi connectivity index (χ0n) is 16.2. The number of pyridine rings is 1. The molecular weight excluding hydrogens is 365 g/mol. The molecule has 1 aliphatic rings. The lowest BCUT2D eigenvalue weighted by molar-refractivity contribution is -0.120. The molecule has 1 atom stereocenters.